The average molecular weight is 534 g/mol. The largest absolute Gasteiger partial charge is 0.391 e. The molecule has 0 rings (SSSR count). The van der Waals surface area contributed by atoms with E-state index in [0.717, 1.165) is 44.9 Å². The Kier molecular flexibility index (Phi) is 22.6. The van der Waals surface area contributed by atoms with Crippen LogP contribution in [0.3, 0.4) is 0 Å². The second-order valence-electron chi connectivity index (χ2n) is 10.2. The van der Waals surface area contributed by atoms with Crippen LogP contribution in [0, 0.1) is 0 Å². The molecule has 0 fully saturated rings. The van der Waals surface area contributed by atoms with E-state index in [-0.39, 0.29) is 6.42 Å². The number of hydrogen-bond acceptors (Lipinski definition) is 5. The molecule has 0 saturated carbocycles. The molecule has 1 amide bonds. The van der Waals surface area contributed by atoms with E-state index < -0.39 is 40.0 Å². The maximum absolute atomic E-state index is 12.4. The third-order valence-corrected chi connectivity index (χ3v) is 7.36. The van der Waals surface area contributed by atoms with Crippen LogP contribution >= 0.6 is 0 Å². The van der Waals surface area contributed by atoms with Crippen LogP contribution in [0.15, 0.2) is 12.2 Å². The van der Waals surface area contributed by atoms with Gasteiger partial charge < -0.3 is 15.5 Å². The quantitative estimate of drug-likeness (QED) is 0.0640. The first-order chi connectivity index (χ1) is 17.2. The van der Waals surface area contributed by atoms with Gasteiger partial charge >= 0.3 is 0 Å². The normalized spacial score (nSPS) is 14.7. The Morgan fingerprint density at radius 3 is 1.75 bits per heavy atom. The van der Waals surface area contributed by atoms with E-state index in [9.17, 15) is 28.0 Å². The number of amides is 1. The Morgan fingerprint density at radius 1 is 0.722 bits per heavy atom. The highest BCUT2D eigenvalue weighted by atomic mass is 32.2. The average Bonchev–Trinajstić information content (AvgIpc) is 2.82. The molecule has 0 radical (unpaired) electrons. The van der Waals surface area contributed by atoms with E-state index in [0.29, 0.717) is 19.3 Å². The Morgan fingerprint density at radius 2 is 1.19 bits per heavy atom. The summed E-state index contributed by atoms with van der Waals surface area (Å²) in [5, 5.41) is 23.1. The van der Waals surface area contributed by atoms with Crippen LogP contribution in [0.25, 0.3) is 0 Å². The van der Waals surface area contributed by atoms with Crippen molar-refractivity contribution < 1.29 is 28.0 Å². The van der Waals surface area contributed by atoms with Gasteiger partial charge in [-0.25, -0.2) is 0 Å². The molecule has 3 atom stereocenters. The Hall–Kier alpha value is -0.960. The molecule has 0 aliphatic rings. The summed E-state index contributed by atoms with van der Waals surface area (Å²) < 4.78 is 32.1. The second kappa shape index (κ2) is 23.2. The van der Waals surface area contributed by atoms with Crippen molar-refractivity contribution in [3.63, 3.8) is 0 Å². The molecule has 214 valence electrons. The van der Waals surface area contributed by atoms with Crippen molar-refractivity contribution in [2.75, 3.05) is 5.75 Å². The third kappa shape index (κ3) is 22.3. The molecule has 0 aromatic carbocycles. The molecule has 0 heterocycles. The molecular formula is C28H55NO6S. The molecule has 36 heavy (non-hydrogen) atoms. The van der Waals surface area contributed by atoms with Gasteiger partial charge in [-0.2, -0.15) is 8.42 Å². The highest BCUT2D eigenvalue weighted by molar-refractivity contribution is 7.85. The molecule has 0 spiro atoms. The Labute approximate surface area is 221 Å². The number of rotatable bonds is 25. The van der Waals surface area contributed by atoms with E-state index >= 15 is 0 Å². The maximum Gasteiger partial charge on any atom is 0.266 e. The topological polar surface area (TPSA) is 124 Å². The molecule has 3 unspecified atom stereocenters. The number of allylic oxidation sites excluding steroid dienone is 2. The Bertz CT molecular complexity index is 652. The second-order valence-corrected chi connectivity index (χ2v) is 11.7. The van der Waals surface area contributed by atoms with Crippen molar-refractivity contribution in [1.82, 2.24) is 5.32 Å². The first-order valence-electron chi connectivity index (χ1n) is 14.5. The number of aliphatic hydroxyl groups is 2. The minimum atomic E-state index is -4.39. The maximum atomic E-state index is 12.4. The fraction of sp³-hybridized carbons (Fsp3) is 0.893. The van der Waals surface area contributed by atoms with E-state index in [2.05, 4.69) is 31.3 Å². The molecule has 0 aromatic heterocycles. The van der Waals surface area contributed by atoms with Gasteiger partial charge in [-0.05, 0) is 32.1 Å². The lowest BCUT2D eigenvalue weighted by Crippen LogP contribution is -2.50. The van der Waals surface area contributed by atoms with Gasteiger partial charge in [-0.3, -0.25) is 9.35 Å². The molecule has 4 N–H and O–H groups in total. The monoisotopic (exact) mass is 533 g/mol. The zero-order valence-electron chi connectivity index (χ0n) is 23.0. The van der Waals surface area contributed by atoms with Crippen LogP contribution in [-0.2, 0) is 14.9 Å². The van der Waals surface area contributed by atoms with Gasteiger partial charge in [-0.15, -0.1) is 0 Å². The molecule has 0 aliphatic carbocycles. The minimum absolute atomic E-state index is 0.276. The zero-order chi connectivity index (χ0) is 27.1. The number of nitrogens with one attached hydrogen (secondary N) is 1. The lowest BCUT2D eigenvalue weighted by Gasteiger charge is -2.24. The SMILES string of the molecule is CCCC/C=C\CCCCCC(O)C(=O)NC(CS(=O)(=O)O)C(O)CCCCCCCCCCCC. The molecule has 0 aromatic rings. The first kappa shape index (κ1) is 35.0. The van der Waals surface area contributed by atoms with Crippen molar-refractivity contribution >= 4 is 16.0 Å². The first-order valence-corrected chi connectivity index (χ1v) is 16.1. The number of aliphatic hydroxyl groups excluding tert-OH is 2. The lowest BCUT2D eigenvalue weighted by molar-refractivity contribution is -0.131. The summed E-state index contributed by atoms with van der Waals surface area (Å²) in [5.41, 5.74) is 0. The van der Waals surface area contributed by atoms with Crippen LogP contribution < -0.4 is 5.32 Å². The molecule has 0 bridgehead atoms. The van der Waals surface area contributed by atoms with Crippen molar-refractivity contribution in [2.24, 2.45) is 0 Å². The standard InChI is InChI=1S/C28H55NO6S/c1-3-5-7-9-11-13-15-16-18-20-22-26(30)25(24-36(33,34)35)29-28(32)27(31)23-21-19-17-14-12-10-8-6-4-2/h10,12,25-27,30-31H,3-9,11,13-24H2,1-2H3,(H,29,32)(H,33,34,35)/b12-10-. The fourth-order valence-corrected chi connectivity index (χ4v) is 5.02. The van der Waals surface area contributed by atoms with Gasteiger partial charge in [0.1, 0.15) is 6.10 Å². The fourth-order valence-electron chi connectivity index (χ4n) is 4.26. The number of carbonyl (C=O) groups excluding carboxylic acids is 1. The van der Waals surface area contributed by atoms with Crippen LogP contribution in [0.5, 0.6) is 0 Å². The lowest BCUT2D eigenvalue weighted by atomic mass is 10.0. The highest BCUT2D eigenvalue weighted by Crippen LogP contribution is 2.14. The molecule has 0 saturated heterocycles. The van der Waals surface area contributed by atoms with Crippen molar-refractivity contribution in [2.45, 2.75) is 154 Å². The minimum Gasteiger partial charge on any atom is -0.391 e. The van der Waals surface area contributed by atoms with Gasteiger partial charge in [-0.1, -0.05) is 116 Å². The van der Waals surface area contributed by atoms with E-state index in [4.69, 9.17) is 0 Å². The van der Waals surface area contributed by atoms with Crippen molar-refractivity contribution in [1.29, 1.82) is 0 Å². The summed E-state index contributed by atoms with van der Waals surface area (Å²) in [6.07, 6.45) is 21.1. The number of unbranched alkanes of at least 4 members (excludes halogenated alkanes) is 14. The summed E-state index contributed by atoms with van der Waals surface area (Å²) in [4.78, 5) is 12.4. The highest BCUT2D eigenvalue weighted by Gasteiger charge is 2.28. The van der Waals surface area contributed by atoms with Crippen LogP contribution in [0.2, 0.25) is 0 Å². The van der Waals surface area contributed by atoms with Gasteiger partial charge in [0.05, 0.1) is 17.9 Å². The van der Waals surface area contributed by atoms with Gasteiger partial charge in [0.2, 0.25) is 5.91 Å². The summed E-state index contributed by atoms with van der Waals surface area (Å²) in [6, 6.07) is -1.14. The Balaban J connectivity index is 4.26. The van der Waals surface area contributed by atoms with E-state index in [1.165, 1.54) is 51.4 Å². The van der Waals surface area contributed by atoms with Gasteiger partial charge in [0.15, 0.2) is 0 Å². The van der Waals surface area contributed by atoms with Crippen LogP contribution in [0.4, 0.5) is 0 Å². The predicted octanol–water partition coefficient (Wildman–Crippen LogP) is 6.09. The molecule has 8 heteroatoms. The predicted molar refractivity (Wildman–Crippen MR) is 149 cm³/mol. The smallest absolute Gasteiger partial charge is 0.266 e. The van der Waals surface area contributed by atoms with Crippen molar-refractivity contribution in [3.05, 3.63) is 12.2 Å². The summed E-state index contributed by atoms with van der Waals surface area (Å²) >= 11 is 0. The summed E-state index contributed by atoms with van der Waals surface area (Å²) in [6.45, 7) is 4.37. The summed E-state index contributed by atoms with van der Waals surface area (Å²) in [7, 11) is -4.39. The number of hydrogen-bond donors (Lipinski definition) is 4. The molecule has 7 nitrogen and oxygen atoms in total. The zero-order valence-corrected chi connectivity index (χ0v) is 23.8. The van der Waals surface area contributed by atoms with Gasteiger partial charge in [0, 0.05) is 0 Å². The van der Waals surface area contributed by atoms with E-state index in [1.54, 1.807) is 0 Å². The van der Waals surface area contributed by atoms with Crippen LogP contribution in [-0.4, -0.2) is 53.1 Å². The van der Waals surface area contributed by atoms with Gasteiger partial charge in [0.25, 0.3) is 10.1 Å². The van der Waals surface area contributed by atoms with E-state index in [1.807, 2.05) is 0 Å². The number of carbonyl (C=O) groups is 1. The van der Waals surface area contributed by atoms with Crippen molar-refractivity contribution in [3.8, 4) is 0 Å². The summed E-state index contributed by atoms with van der Waals surface area (Å²) in [5.74, 6) is -1.47. The third-order valence-electron chi connectivity index (χ3n) is 6.58. The molecule has 0 aliphatic heterocycles. The molecular weight excluding hydrogens is 478 g/mol. The van der Waals surface area contributed by atoms with Crippen LogP contribution in [0.1, 0.15) is 136 Å².